The lowest BCUT2D eigenvalue weighted by atomic mass is 9.68. The first kappa shape index (κ1) is 12.8. The van der Waals surface area contributed by atoms with Gasteiger partial charge in [-0.15, -0.1) is 0 Å². The zero-order chi connectivity index (χ0) is 14.0. The van der Waals surface area contributed by atoms with Crippen molar-refractivity contribution in [3.63, 3.8) is 0 Å². The number of anilines is 1. The van der Waals surface area contributed by atoms with Gasteiger partial charge in [0.1, 0.15) is 12.7 Å². The lowest BCUT2D eigenvalue weighted by Crippen LogP contribution is -2.47. The lowest BCUT2D eigenvalue weighted by Gasteiger charge is -2.39. The van der Waals surface area contributed by atoms with Crippen LogP contribution in [0.25, 0.3) is 5.69 Å². The Morgan fingerprint density at radius 2 is 2.10 bits per heavy atom. The molecule has 20 heavy (non-hydrogen) atoms. The topological polar surface area (TPSA) is 85.8 Å². The van der Waals surface area contributed by atoms with Gasteiger partial charge in [-0.05, 0) is 37.1 Å². The fourth-order valence-electron chi connectivity index (χ4n) is 2.43. The molecule has 1 saturated carbocycles. The first-order valence-electron chi connectivity index (χ1n) is 6.70. The number of nitrogens with two attached hydrogens (primary N) is 1. The smallest absolute Gasteiger partial charge is 0.231 e. The van der Waals surface area contributed by atoms with Crippen LogP contribution in [0.4, 0.5) is 5.69 Å². The van der Waals surface area contributed by atoms with Gasteiger partial charge in [0.05, 0.1) is 11.1 Å². The van der Waals surface area contributed by atoms with Gasteiger partial charge in [0, 0.05) is 12.2 Å². The van der Waals surface area contributed by atoms with Crippen LogP contribution in [0.2, 0.25) is 0 Å². The van der Waals surface area contributed by atoms with Crippen molar-refractivity contribution in [1.29, 1.82) is 0 Å². The van der Waals surface area contributed by atoms with Crippen molar-refractivity contribution in [3.8, 4) is 5.69 Å². The third kappa shape index (κ3) is 2.18. The van der Waals surface area contributed by atoms with Gasteiger partial charge in [-0.3, -0.25) is 4.79 Å². The van der Waals surface area contributed by atoms with E-state index in [0.717, 1.165) is 30.6 Å². The first-order chi connectivity index (χ1) is 9.73. The van der Waals surface area contributed by atoms with Crippen LogP contribution < -0.4 is 11.1 Å². The van der Waals surface area contributed by atoms with Crippen molar-refractivity contribution < 1.29 is 4.79 Å². The number of carbonyl (C=O) groups is 1. The van der Waals surface area contributed by atoms with Crippen LogP contribution >= 0.6 is 0 Å². The van der Waals surface area contributed by atoms with Crippen LogP contribution in [0.1, 0.15) is 19.3 Å². The second-order valence-electron chi connectivity index (χ2n) is 5.18. The van der Waals surface area contributed by atoms with Gasteiger partial charge in [0.25, 0.3) is 0 Å². The van der Waals surface area contributed by atoms with Crippen LogP contribution in [0.15, 0.2) is 36.9 Å². The Balaban J connectivity index is 1.71. The second kappa shape index (κ2) is 5.05. The van der Waals surface area contributed by atoms with Crippen LogP contribution in [0.5, 0.6) is 0 Å². The molecule has 104 valence electrons. The molecule has 6 nitrogen and oxygen atoms in total. The van der Waals surface area contributed by atoms with E-state index in [0.29, 0.717) is 6.54 Å². The van der Waals surface area contributed by atoms with Gasteiger partial charge in [-0.1, -0.05) is 6.42 Å². The molecule has 1 aliphatic carbocycles. The zero-order valence-electron chi connectivity index (χ0n) is 11.1. The van der Waals surface area contributed by atoms with E-state index in [-0.39, 0.29) is 11.3 Å². The second-order valence-corrected chi connectivity index (χ2v) is 5.18. The minimum atomic E-state index is -0.357. The van der Waals surface area contributed by atoms with E-state index in [1.54, 1.807) is 11.0 Å². The molecule has 0 atom stereocenters. The van der Waals surface area contributed by atoms with Crippen molar-refractivity contribution in [1.82, 2.24) is 14.8 Å². The molecule has 0 bridgehead atoms. The molecule has 0 radical (unpaired) electrons. The first-order valence-corrected chi connectivity index (χ1v) is 6.70. The number of benzene rings is 1. The minimum absolute atomic E-state index is 0.0276. The van der Waals surface area contributed by atoms with E-state index in [2.05, 4.69) is 15.4 Å². The molecule has 1 aliphatic rings. The molecule has 1 aromatic carbocycles. The maximum Gasteiger partial charge on any atom is 0.231 e. The molecule has 3 N–H and O–H groups in total. The van der Waals surface area contributed by atoms with E-state index < -0.39 is 0 Å². The number of nitrogens with one attached hydrogen (secondary N) is 1. The van der Waals surface area contributed by atoms with Crippen LogP contribution in [-0.2, 0) is 4.79 Å². The molecule has 0 spiro atoms. The molecule has 0 unspecified atom stereocenters. The summed E-state index contributed by atoms with van der Waals surface area (Å²) in [6, 6.07) is 7.50. The molecule has 1 amide bonds. The number of rotatable bonds is 4. The normalized spacial score (nSPS) is 16.4. The van der Waals surface area contributed by atoms with Gasteiger partial charge in [0.15, 0.2) is 0 Å². The van der Waals surface area contributed by atoms with Crippen molar-refractivity contribution in [2.75, 3.05) is 11.9 Å². The third-order valence-electron chi connectivity index (χ3n) is 3.99. The molecule has 1 fully saturated rings. The Hall–Kier alpha value is -2.21. The van der Waals surface area contributed by atoms with Crippen molar-refractivity contribution in [2.24, 2.45) is 11.1 Å². The lowest BCUT2D eigenvalue weighted by molar-refractivity contribution is -0.129. The average Bonchev–Trinajstić information content (AvgIpc) is 2.93. The predicted molar refractivity (Wildman–Crippen MR) is 75.3 cm³/mol. The van der Waals surface area contributed by atoms with Gasteiger partial charge < -0.3 is 11.1 Å². The standard InChI is InChI=1S/C14H17N5O/c15-8-14(6-1-7-14)13(20)18-11-2-4-12(5-3-11)19-10-16-9-17-19/h2-5,9-10H,1,6-8,15H2,(H,18,20). The number of carbonyl (C=O) groups excluding carboxylic acids is 1. The summed E-state index contributed by atoms with van der Waals surface area (Å²) in [4.78, 5) is 16.1. The van der Waals surface area contributed by atoms with E-state index >= 15 is 0 Å². The van der Waals surface area contributed by atoms with Crippen LogP contribution in [-0.4, -0.2) is 27.2 Å². The highest BCUT2D eigenvalue weighted by atomic mass is 16.2. The summed E-state index contributed by atoms with van der Waals surface area (Å²) in [5, 5.41) is 7.00. The fourth-order valence-corrected chi connectivity index (χ4v) is 2.43. The van der Waals surface area contributed by atoms with E-state index in [1.807, 2.05) is 24.3 Å². The molecule has 0 saturated heterocycles. The van der Waals surface area contributed by atoms with Crippen LogP contribution in [0.3, 0.4) is 0 Å². The number of hydrogen-bond acceptors (Lipinski definition) is 4. The molecule has 1 heterocycles. The quantitative estimate of drug-likeness (QED) is 0.878. The molecule has 1 aromatic heterocycles. The summed E-state index contributed by atoms with van der Waals surface area (Å²) in [5.74, 6) is 0.0276. The SMILES string of the molecule is NCC1(C(=O)Nc2ccc(-n3cncn3)cc2)CCC1. The largest absolute Gasteiger partial charge is 0.329 e. The monoisotopic (exact) mass is 271 g/mol. The van der Waals surface area contributed by atoms with Crippen molar-refractivity contribution in [3.05, 3.63) is 36.9 Å². The molecule has 3 rings (SSSR count). The Morgan fingerprint density at radius 1 is 1.35 bits per heavy atom. The van der Waals surface area contributed by atoms with Gasteiger partial charge in [-0.25, -0.2) is 9.67 Å². The summed E-state index contributed by atoms with van der Waals surface area (Å²) < 4.78 is 1.67. The highest BCUT2D eigenvalue weighted by Gasteiger charge is 2.42. The van der Waals surface area contributed by atoms with Gasteiger partial charge in [-0.2, -0.15) is 5.10 Å². The van der Waals surface area contributed by atoms with E-state index in [9.17, 15) is 4.79 Å². The van der Waals surface area contributed by atoms with E-state index in [4.69, 9.17) is 5.73 Å². The van der Waals surface area contributed by atoms with Crippen molar-refractivity contribution >= 4 is 11.6 Å². The van der Waals surface area contributed by atoms with Gasteiger partial charge in [0.2, 0.25) is 5.91 Å². The predicted octanol–water partition coefficient (Wildman–Crippen LogP) is 1.33. The third-order valence-corrected chi connectivity index (χ3v) is 3.99. The average molecular weight is 271 g/mol. The number of nitrogens with zero attached hydrogens (tertiary/aromatic N) is 3. The maximum absolute atomic E-state index is 12.2. The number of amides is 1. The molecular formula is C14H17N5O. The van der Waals surface area contributed by atoms with Crippen molar-refractivity contribution in [2.45, 2.75) is 19.3 Å². The number of hydrogen-bond donors (Lipinski definition) is 2. The molecule has 2 aromatic rings. The highest BCUT2D eigenvalue weighted by molar-refractivity contribution is 5.96. The molecule has 0 aliphatic heterocycles. The molecule has 6 heteroatoms. The summed E-state index contributed by atoms with van der Waals surface area (Å²) in [6.07, 6.45) is 5.96. The van der Waals surface area contributed by atoms with E-state index in [1.165, 1.54) is 6.33 Å². The summed E-state index contributed by atoms with van der Waals surface area (Å²) in [7, 11) is 0. The Bertz CT molecular complexity index is 581. The zero-order valence-corrected chi connectivity index (χ0v) is 11.1. The Labute approximate surface area is 117 Å². The maximum atomic E-state index is 12.2. The number of aromatic nitrogens is 3. The minimum Gasteiger partial charge on any atom is -0.329 e. The van der Waals surface area contributed by atoms with Gasteiger partial charge >= 0.3 is 0 Å². The molecular weight excluding hydrogens is 254 g/mol. The summed E-state index contributed by atoms with van der Waals surface area (Å²) in [6.45, 7) is 0.413. The summed E-state index contributed by atoms with van der Waals surface area (Å²) >= 11 is 0. The Kier molecular flexibility index (Phi) is 3.23. The van der Waals surface area contributed by atoms with Crippen LogP contribution in [0, 0.1) is 5.41 Å². The highest BCUT2D eigenvalue weighted by Crippen LogP contribution is 2.40. The Morgan fingerprint density at radius 3 is 2.60 bits per heavy atom. The fraction of sp³-hybridized carbons (Fsp3) is 0.357. The summed E-state index contributed by atoms with van der Waals surface area (Å²) in [5.41, 5.74) is 7.05.